The van der Waals surface area contributed by atoms with Crippen LogP contribution < -0.4 is 11.2 Å². The monoisotopic (exact) mass is 385 g/mol. The molecule has 10 heteroatoms. The van der Waals surface area contributed by atoms with Gasteiger partial charge in [0.05, 0.1) is 0 Å². The maximum atomic E-state index is 12.0. The lowest BCUT2D eigenvalue weighted by Crippen LogP contribution is -2.32. The molecule has 1 aromatic carbocycles. The van der Waals surface area contributed by atoms with E-state index in [1.165, 1.54) is 13.3 Å². The van der Waals surface area contributed by atoms with Gasteiger partial charge in [0.25, 0.3) is 5.56 Å². The minimum absolute atomic E-state index is 0.0154. The molecule has 3 rings (SSSR count). The summed E-state index contributed by atoms with van der Waals surface area (Å²) in [6, 6.07) is 9.30. The van der Waals surface area contributed by atoms with E-state index in [2.05, 4.69) is 20.1 Å². The van der Waals surface area contributed by atoms with E-state index >= 15 is 0 Å². The summed E-state index contributed by atoms with van der Waals surface area (Å²) in [6.07, 6.45) is 1.67. The van der Waals surface area contributed by atoms with Gasteiger partial charge in [-0.1, -0.05) is 35.5 Å². The van der Waals surface area contributed by atoms with Gasteiger partial charge in [0.2, 0.25) is 17.6 Å². The summed E-state index contributed by atoms with van der Waals surface area (Å²) in [6.45, 7) is 0.622. The molecule has 0 amide bonds. The Morgan fingerprint density at radius 2 is 2.11 bits per heavy atom. The second kappa shape index (κ2) is 8.91. The lowest BCUT2D eigenvalue weighted by Gasteiger charge is -2.08. The van der Waals surface area contributed by atoms with Crippen LogP contribution in [-0.2, 0) is 17.8 Å². The van der Waals surface area contributed by atoms with E-state index in [-0.39, 0.29) is 24.5 Å². The van der Waals surface area contributed by atoms with E-state index in [9.17, 15) is 14.7 Å². The van der Waals surface area contributed by atoms with Crippen molar-refractivity contribution < 1.29 is 14.4 Å². The molecule has 10 nitrogen and oxygen atoms in total. The third-order valence-corrected chi connectivity index (χ3v) is 3.88. The number of aromatic hydroxyl groups is 1. The molecule has 0 spiro atoms. The van der Waals surface area contributed by atoms with Crippen LogP contribution in [0.4, 0.5) is 0 Å². The van der Waals surface area contributed by atoms with Gasteiger partial charge >= 0.3 is 5.69 Å². The fourth-order valence-corrected chi connectivity index (χ4v) is 2.50. The number of methoxy groups -OCH3 is 1. The first-order chi connectivity index (χ1) is 13.6. The Kier molecular flexibility index (Phi) is 6.12. The van der Waals surface area contributed by atoms with Gasteiger partial charge in [0.15, 0.2) is 0 Å². The molecule has 2 aromatic heterocycles. The zero-order valence-corrected chi connectivity index (χ0v) is 15.2. The fraction of sp³-hybridized carbons (Fsp3) is 0.278. The van der Waals surface area contributed by atoms with Crippen molar-refractivity contribution in [3.8, 4) is 17.3 Å². The Labute approximate surface area is 159 Å². The number of H-pyrrole nitrogens is 1. The van der Waals surface area contributed by atoms with Crippen molar-refractivity contribution in [2.75, 3.05) is 13.7 Å². The van der Waals surface area contributed by atoms with Crippen molar-refractivity contribution in [3.05, 3.63) is 62.6 Å². The lowest BCUT2D eigenvalue weighted by atomic mass is 10.2. The second-order valence-corrected chi connectivity index (χ2v) is 5.84. The Morgan fingerprint density at radius 1 is 1.32 bits per heavy atom. The fourth-order valence-electron chi connectivity index (χ4n) is 2.50. The first kappa shape index (κ1) is 19.2. The smallest absolute Gasteiger partial charge is 0.331 e. The Hall–Kier alpha value is -3.53. The third-order valence-electron chi connectivity index (χ3n) is 3.88. The molecule has 0 aliphatic carbocycles. The predicted octanol–water partition coefficient (Wildman–Crippen LogP) is 0.948. The number of nitrogens with zero attached hydrogens (tertiary/aromatic N) is 4. The molecule has 0 bridgehead atoms. The van der Waals surface area contributed by atoms with Gasteiger partial charge in [-0.3, -0.25) is 19.3 Å². The number of benzene rings is 1. The van der Waals surface area contributed by atoms with Crippen LogP contribution in [0.3, 0.4) is 0 Å². The molecule has 28 heavy (non-hydrogen) atoms. The Balaban J connectivity index is 1.75. The van der Waals surface area contributed by atoms with Crippen molar-refractivity contribution in [1.29, 1.82) is 0 Å². The lowest BCUT2D eigenvalue weighted by molar-refractivity contribution is 0.188. The average Bonchev–Trinajstić information content (AvgIpc) is 3.16. The van der Waals surface area contributed by atoms with Crippen LogP contribution in [0.1, 0.15) is 17.9 Å². The average molecular weight is 385 g/mol. The molecule has 2 heterocycles. The molecular formula is C18H19N5O5. The highest BCUT2D eigenvalue weighted by Crippen LogP contribution is 2.15. The number of hydrogen-bond donors (Lipinski definition) is 2. The van der Waals surface area contributed by atoms with E-state index in [1.807, 2.05) is 30.3 Å². The number of aromatic nitrogens is 4. The first-order valence-corrected chi connectivity index (χ1v) is 8.53. The Bertz CT molecular complexity index is 1070. The van der Waals surface area contributed by atoms with Crippen LogP contribution in [0, 0.1) is 0 Å². The van der Waals surface area contributed by atoms with Gasteiger partial charge in [-0.25, -0.2) is 4.79 Å². The molecule has 0 saturated heterocycles. The zero-order chi connectivity index (χ0) is 19.9. The minimum atomic E-state index is -0.732. The number of hydrogen-bond acceptors (Lipinski definition) is 8. The quantitative estimate of drug-likeness (QED) is 0.435. The van der Waals surface area contributed by atoms with Gasteiger partial charge in [-0.15, -0.1) is 0 Å². The maximum absolute atomic E-state index is 12.0. The van der Waals surface area contributed by atoms with Crippen LogP contribution >= 0.6 is 0 Å². The molecule has 0 aliphatic rings. The molecule has 146 valence electrons. The van der Waals surface area contributed by atoms with Gasteiger partial charge in [0.1, 0.15) is 12.1 Å². The second-order valence-electron chi connectivity index (χ2n) is 5.84. The summed E-state index contributed by atoms with van der Waals surface area (Å²) in [4.78, 5) is 34.3. The van der Waals surface area contributed by atoms with Crippen molar-refractivity contribution in [3.63, 3.8) is 0 Å². The van der Waals surface area contributed by atoms with Crippen molar-refractivity contribution in [1.82, 2.24) is 19.7 Å². The summed E-state index contributed by atoms with van der Waals surface area (Å²) in [5.41, 5.74) is -0.747. The summed E-state index contributed by atoms with van der Waals surface area (Å²) in [5, 5.41) is 14.1. The zero-order valence-electron chi connectivity index (χ0n) is 15.2. The van der Waals surface area contributed by atoms with Gasteiger partial charge in [-0.2, -0.15) is 4.98 Å². The summed E-state index contributed by atoms with van der Waals surface area (Å²) >= 11 is 0. The Morgan fingerprint density at radius 3 is 2.86 bits per heavy atom. The van der Waals surface area contributed by atoms with Crippen LogP contribution in [0.5, 0.6) is 5.88 Å². The number of rotatable bonds is 8. The predicted molar refractivity (Wildman–Crippen MR) is 101 cm³/mol. The number of nitrogens with one attached hydrogen (secondary N) is 1. The topological polar surface area (TPSA) is 136 Å². The van der Waals surface area contributed by atoms with Gasteiger partial charge in [-0.05, 0) is 6.42 Å². The number of ether oxygens (including phenoxy) is 1. The summed E-state index contributed by atoms with van der Waals surface area (Å²) in [7, 11) is 1.54. The van der Waals surface area contributed by atoms with Crippen LogP contribution in [0.2, 0.25) is 0 Å². The highest BCUT2D eigenvalue weighted by molar-refractivity contribution is 5.81. The highest BCUT2D eigenvalue weighted by Gasteiger charge is 2.13. The molecule has 0 radical (unpaired) electrons. The van der Waals surface area contributed by atoms with Gasteiger partial charge < -0.3 is 14.4 Å². The molecule has 0 saturated carbocycles. The van der Waals surface area contributed by atoms with E-state index in [0.29, 0.717) is 18.9 Å². The molecule has 3 aromatic rings. The summed E-state index contributed by atoms with van der Waals surface area (Å²) in [5.74, 6) is 0.224. The normalized spacial score (nSPS) is 11.3. The van der Waals surface area contributed by atoms with E-state index in [4.69, 9.17) is 9.26 Å². The molecule has 2 N–H and O–H groups in total. The van der Waals surface area contributed by atoms with E-state index in [1.54, 1.807) is 0 Å². The minimum Gasteiger partial charge on any atom is -0.494 e. The maximum Gasteiger partial charge on any atom is 0.331 e. The summed E-state index contributed by atoms with van der Waals surface area (Å²) < 4.78 is 11.1. The number of aromatic amines is 1. The van der Waals surface area contributed by atoms with Crippen molar-refractivity contribution in [2.24, 2.45) is 4.99 Å². The van der Waals surface area contributed by atoms with Crippen LogP contribution in [0.15, 0.2) is 49.4 Å². The van der Waals surface area contributed by atoms with Gasteiger partial charge in [0, 0.05) is 32.0 Å². The molecule has 0 unspecified atom stereocenters. The SMILES string of the molecule is COCCCn1c(O)c(C=NCc2nc(-c3ccccc3)no2)c(=O)[nH]c1=O. The highest BCUT2D eigenvalue weighted by atomic mass is 16.5. The molecular weight excluding hydrogens is 366 g/mol. The molecule has 0 aliphatic heterocycles. The molecule has 0 atom stereocenters. The third kappa shape index (κ3) is 4.41. The van der Waals surface area contributed by atoms with E-state index < -0.39 is 17.1 Å². The molecule has 0 fully saturated rings. The van der Waals surface area contributed by atoms with Crippen LogP contribution in [0.25, 0.3) is 11.4 Å². The van der Waals surface area contributed by atoms with Crippen molar-refractivity contribution >= 4 is 6.21 Å². The first-order valence-electron chi connectivity index (χ1n) is 8.53. The van der Waals surface area contributed by atoms with E-state index in [0.717, 1.165) is 10.1 Å². The standard InChI is InChI=1S/C18H19N5O5/c1-27-9-5-8-23-17(25)13(16(24)21-18(23)26)10-19-11-14-20-15(22-28-14)12-6-3-2-4-7-12/h2-4,6-7,10,25H,5,8-9,11H2,1H3,(H,21,24,26). The van der Waals surface area contributed by atoms with Crippen molar-refractivity contribution in [2.45, 2.75) is 19.5 Å². The van der Waals surface area contributed by atoms with Crippen LogP contribution in [-0.4, -0.2) is 44.7 Å². The largest absolute Gasteiger partial charge is 0.494 e. The number of aliphatic imine (C=N–C) groups is 1.